The Morgan fingerprint density at radius 2 is 1.93 bits per heavy atom. The van der Waals surface area contributed by atoms with Gasteiger partial charge in [-0.15, -0.1) is 0 Å². The number of pyridine rings is 1. The van der Waals surface area contributed by atoms with Gasteiger partial charge < -0.3 is 14.7 Å². The summed E-state index contributed by atoms with van der Waals surface area (Å²) in [6.45, 7) is 2.94. The van der Waals surface area contributed by atoms with Gasteiger partial charge in [0.2, 0.25) is 0 Å². The van der Waals surface area contributed by atoms with E-state index in [-0.39, 0.29) is 5.69 Å². The fourth-order valence-electron chi connectivity index (χ4n) is 4.19. The summed E-state index contributed by atoms with van der Waals surface area (Å²) < 4.78 is 7.44. The number of para-hydroxylation sites is 1. The minimum atomic E-state index is -1.02. The van der Waals surface area contributed by atoms with Gasteiger partial charge in [0, 0.05) is 25.6 Å². The number of anilines is 1. The molecule has 0 unspecified atom stereocenters. The van der Waals surface area contributed by atoms with Gasteiger partial charge in [-0.3, -0.25) is 0 Å². The maximum absolute atomic E-state index is 11.9. The molecular weight excluding hydrogens is 368 g/mol. The second-order valence-corrected chi connectivity index (χ2v) is 7.74. The van der Waals surface area contributed by atoms with Crippen LogP contribution in [0.2, 0.25) is 0 Å². The zero-order valence-corrected chi connectivity index (χ0v) is 16.3. The molecule has 2 aliphatic rings. The van der Waals surface area contributed by atoms with Crippen molar-refractivity contribution in [1.82, 2.24) is 14.8 Å². The van der Waals surface area contributed by atoms with Gasteiger partial charge in [-0.25, -0.2) is 14.5 Å². The van der Waals surface area contributed by atoms with Crippen LogP contribution in [0.1, 0.15) is 47.8 Å². The fourth-order valence-corrected chi connectivity index (χ4v) is 4.19. The first-order valence-electron chi connectivity index (χ1n) is 10.3. The summed E-state index contributed by atoms with van der Waals surface area (Å²) >= 11 is 0. The van der Waals surface area contributed by atoms with E-state index in [1.807, 2.05) is 35.0 Å². The van der Waals surface area contributed by atoms with Crippen molar-refractivity contribution in [1.29, 1.82) is 0 Å². The third kappa shape index (κ3) is 3.25. The van der Waals surface area contributed by atoms with Crippen molar-refractivity contribution >= 4 is 22.7 Å². The summed E-state index contributed by atoms with van der Waals surface area (Å²) in [4.78, 5) is 18.6. The summed E-state index contributed by atoms with van der Waals surface area (Å²) in [5.74, 6) is -0.618. The Morgan fingerprint density at radius 3 is 2.66 bits per heavy atom. The molecule has 2 aromatic heterocycles. The number of carboxylic acids is 1. The van der Waals surface area contributed by atoms with E-state index in [1.54, 1.807) is 6.07 Å². The molecule has 5 rings (SSSR count). The second-order valence-electron chi connectivity index (χ2n) is 7.74. The third-order valence-electron chi connectivity index (χ3n) is 5.92. The van der Waals surface area contributed by atoms with Crippen LogP contribution in [0, 0.1) is 0 Å². The zero-order valence-electron chi connectivity index (χ0n) is 16.3. The molecule has 7 nitrogen and oxygen atoms in total. The monoisotopic (exact) mass is 392 g/mol. The van der Waals surface area contributed by atoms with Gasteiger partial charge in [-0.2, -0.15) is 5.10 Å². The topological polar surface area (TPSA) is 80.5 Å². The fraction of sp³-hybridized carbons (Fsp3) is 0.409. The van der Waals surface area contributed by atoms with Crippen molar-refractivity contribution in [3.8, 4) is 5.69 Å². The van der Waals surface area contributed by atoms with Crippen molar-refractivity contribution in [2.45, 2.75) is 31.6 Å². The molecule has 1 N–H and O–H groups in total. The minimum absolute atomic E-state index is 0.0508. The van der Waals surface area contributed by atoms with E-state index >= 15 is 0 Å². The lowest BCUT2D eigenvalue weighted by Gasteiger charge is -2.27. The van der Waals surface area contributed by atoms with Crippen LogP contribution >= 0.6 is 0 Å². The number of aromatic carboxylic acids is 1. The summed E-state index contributed by atoms with van der Waals surface area (Å²) in [5.41, 5.74) is 3.53. The van der Waals surface area contributed by atoms with Crippen LogP contribution in [0.5, 0.6) is 0 Å². The number of ether oxygens (including phenoxy) is 1. The normalized spacial score (nSPS) is 17.9. The highest BCUT2D eigenvalue weighted by atomic mass is 16.5. The van der Waals surface area contributed by atoms with E-state index in [0.717, 1.165) is 61.4 Å². The molecule has 29 heavy (non-hydrogen) atoms. The molecule has 1 saturated heterocycles. The van der Waals surface area contributed by atoms with Crippen LogP contribution in [-0.4, -0.2) is 52.1 Å². The van der Waals surface area contributed by atoms with E-state index in [1.165, 1.54) is 6.42 Å². The molecule has 1 aromatic carbocycles. The van der Waals surface area contributed by atoms with Gasteiger partial charge >= 0.3 is 5.97 Å². The number of rotatable bonds is 4. The van der Waals surface area contributed by atoms with Crippen molar-refractivity contribution in [3.63, 3.8) is 0 Å². The molecular formula is C22H24N4O3. The summed E-state index contributed by atoms with van der Waals surface area (Å²) in [6, 6.07) is 11.5. The molecule has 2 fully saturated rings. The first kappa shape index (κ1) is 18.1. The quantitative estimate of drug-likeness (QED) is 0.731. The lowest BCUT2D eigenvalue weighted by Crippen LogP contribution is -2.27. The van der Waals surface area contributed by atoms with Crippen molar-refractivity contribution < 1.29 is 14.6 Å². The van der Waals surface area contributed by atoms with E-state index < -0.39 is 5.97 Å². The molecule has 0 amide bonds. The Balaban J connectivity index is 1.78. The molecule has 150 valence electrons. The Kier molecular flexibility index (Phi) is 4.67. The first-order valence-corrected chi connectivity index (χ1v) is 10.3. The van der Waals surface area contributed by atoms with Gasteiger partial charge in [-0.1, -0.05) is 24.6 Å². The van der Waals surface area contributed by atoms with Crippen LogP contribution in [0.15, 0.2) is 36.4 Å². The van der Waals surface area contributed by atoms with Crippen molar-refractivity contribution in [2.75, 3.05) is 31.2 Å². The van der Waals surface area contributed by atoms with E-state index in [2.05, 4.69) is 9.88 Å². The Bertz CT molecular complexity index is 1040. The molecule has 0 atom stereocenters. The summed E-state index contributed by atoms with van der Waals surface area (Å²) in [5, 5.41) is 15.7. The molecule has 1 aliphatic heterocycles. The molecule has 7 heteroatoms. The van der Waals surface area contributed by atoms with Crippen molar-refractivity contribution in [3.05, 3.63) is 47.8 Å². The minimum Gasteiger partial charge on any atom is -0.477 e. The third-order valence-corrected chi connectivity index (χ3v) is 5.92. The standard InChI is InChI=1S/C22H24N4O3/c27-22(28)17-14-18(25-10-5-12-29-13-11-25)19-20(15-6-4-7-15)24-26(21(19)23-17)16-8-2-1-3-9-16/h1-3,8-9,14-15H,4-7,10-13H2,(H,27,28). The van der Waals surface area contributed by atoms with Crippen molar-refractivity contribution in [2.24, 2.45) is 0 Å². The number of carbonyl (C=O) groups is 1. The summed E-state index contributed by atoms with van der Waals surface area (Å²) in [6.07, 6.45) is 4.35. The Hall–Kier alpha value is -2.93. The number of aromatic nitrogens is 3. The summed E-state index contributed by atoms with van der Waals surface area (Å²) in [7, 11) is 0. The molecule has 0 radical (unpaired) electrons. The van der Waals surface area contributed by atoms with Crippen LogP contribution in [0.25, 0.3) is 16.7 Å². The lowest BCUT2D eigenvalue weighted by molar-refractivity contribution is 0.0691. The second kappa shape index (κ2) is 7.48. The highest BCUT2D eigenvalue weighted by Gasteiger charge is 2.30. The number of carboxylic acid groups (broad SMARTS) is 1. The van der Waals surface area contributed by atoms with Gasteiger partial charge in [0.05, 0.1) is 29.1 Å². The first-order chi connectivity index (χ1) is 14.2. The van der Waals surface area contributed by atoms with Gasteiger partial charge in [0.25, 0.3) is 0 Å². The SMILES string of the molecule is O=C(O)c1cc(N2CCCOCC2)c2c(C3CCC3)nn(-c3ccccc3)c2n1. The highest BCUT2D eigenvalue weighted by Crippen LogP contribution is 2.42. The van der Waals surface area contributed by atoms with Crippen LogP contribution < -0.4 is 4.90 Å². The number of hydrogen-bond donors (Lipinski definition) is 1. The van der Waals surface area contributed by atoms with E-state index in [9.17, 15) is 9.90 Å². The highest BCUT2D eigenvalue weighted by molar-refractivity contribution is 5.98. The van der Waals surface area contributed by atoms with Crippen LogP contribution in [-0.2, 0) is 4.74 Å². The maximum Gasteiger partial charge on any atom is 0.354 e. The Labute approximate surface area is 168 Å². The maximum atomic E-state index is 11.9. The Morgan fingerprint density at radius 1 is 1.10 bits per heavy atom. The van der Waals surface area contributed by atoms with Crippen LogP contribution in [0.3, 0.4) is 0 Å². The van der Waals surface area contributed by atoms with E-state index in [0.29, 0.717) is 18.2 Å². The predicted octanol–water partition coefficient (Wildman–Crippen LogP) is 3.61. The van der Waals surface area contributed by atoms with Crippen LogP contribution in [0.4, 0.5) is 5.69 Å². The largest absolute Gasteiger partial charge is 0.477 e. The molecule has 0 spiro atoms. The lowest BCUT2D eigenvalue weighted by atomic mass is 9.82. The van der Waals surface area contributed by atoms with Gasteiger partial charge in [0.15, 0.2) is 11.3 Å². The molecule has 3 heterocycles. The smallest absolute Gasteiger partial charge is 0.354 e. The molecule has 0 bridgehead atoms. The molecule has 1 saturated carbocycles. The van der Waals surface area contributed by atoms with E-state index in [4.69, 9.17) is 9.84 Å². The number of nitrogens with zero attached hydrogens (tertiary/aromatic N) is 4. The number of hydrogen-bond acceptors (Lipinski definition) is 5. The number of fused-ring (bicyclic) bond motifs is 1. The van der Waals surface area contributed by atoms with Gasteiger partial charge in [-0.05, 0) is 37.5 Å². The molecule has 3 aromatic rings. The number of benzene rings is 1. The average molecular weight is 392 g/mol. The molecule has 1 aliphatic carbocycles. The average Bonchev–Trinajstić information content (AvgIpc) is 2.88. The van der Waals surface area contributed by atoms with Gasteiger partial charge in [0.1, 0.15) is 0 Å². The predicted molar refractivity (Wildman–Crippen MR) is 110 cm³/mol. The zero-order chi connectivity index (χ0) is 19.8.